The van der Waals surface area contributed by atoms with Gasteiger partial charge < -0.3 is 20.5 Å². The van der Waals surface area contributed by atoms with Gasteiger partial charge in [0.25, 0.3) is 0 Å². The van der Waals surface area contributed by atoms with E-state index in [1.54, 1.807) is 27.7 Å². The van der Waals surface area contributed by atoms with Crippen LogP contribution in [0.15, 0.2) is 24.3 Å². The topological polar surface area (TPSA) is 87.7 Å². The molecule has 0 aliphatic rings. The number of carbonyl (C=O) groups excluding carboxylic acids is 1. The lowest BCUT2D eigenvalue weighted by molar-refractivity contribution is -0.139. The number of carbonyl (C=O) groups is 2. The number of amides is 1. The van der Waals surface area contributed by atoms with Crippen molar-refractivity contribution in [2.75, 3.05) is 5.32 Å². The van der Waals surface area contributed by atoms with Gasteiger partial charge >= 0.3 is 18.2 Å². The molecule has 6 nitrogen and oxygen atoms in total. The summed E-state index contributed by atoms with van der Waals surface area (Å²) in [5.74, 6) is -6.09. The Balaban J connectivity index is 2.36. The monoisotopic (exact) mass is 506 g/mol. The van der Waals surface area contributed by atoms with E-state index < -0.39 is 64.1 Å². The van der Waals surface area contributed by atoms with Gasteiger partial charge in [-0.2, -0.15) is 13.2 Å². The predicted octanol–water partition coefficient (Wildman–Crippen LogP) is 6.41. The average Bonchev–Trinajstić information content (AvgIpc) is 2.68. The molecule has 192 valence electrons. The summed E-state index contributed by atoms with van der Waals surface area (Å²) in [4.78, 5) is 23.4. The first kappa shape index (κ1) is 27.8. The number of carboxylic acid groups (broad SMARTS) is 1. The molecule has 3 N–H and O–H groups in total. The maximum Gasteiger partial charge on any atom is 0.419 e. The minimum Gasteiger partial charge on any atom is -0.478 e. The molecule has 0 aromatic heterocycles. The van der Waals surface area contributed by atoms with Crippen molar-refractivity contribution in [1.29, 1.82) is 0 Å². The summed E-state index contributed by atoms with van der Waals surface area (Å²) in [5.41, 5.74) is -4.54. The molecule has 0 bridgehead atoms. The van der Waals surface area contributed by atoms with Crippen LogP contribution in [0.1, 0.15) is 55.6 Å². The standard InChI is InChI=1S/C23H24F6N2O4/c1-11(30-21(34)35-22(2,3)4)5-6-12-17(8-7-15(24)19(12)26)31-18-10-14(23(27,28)29)16(25)9-13(18)20(32)33/h7-11,31H,5-6H2,1-4H3,(H,30,34)(H,32,33). The summed E-state index contributed by atoms with van der Waals surface area (Å²) < 4.78 is 86.9. The van der Waals surface area contributed by atoms with Crippen LogP contribution >= 0.6 is 0 Å². The Labute approximate surface area is 197 Å². The molecule has 0 saturated heterocycles. The molecule has 0 heterocycles. The lowest BCUT2D eigenvalue weighted by atomic mass is 10.0. The lowest BCUT2D eigenvalue weighted by Crippen LogP contribution is -2.37. The Hall–Kier alpha value is -3.44. The number of carboxylic acids is 1. The molecule has 0 spiro atoms. The highest BCUT2D eigenvalue weighted by Crippen LogP contribution is 2.36. The van der Waals surface area contributed by atoms with E-state index in [2.05, 4.69) is 10.6 Å². The summed E-state index contributed by atoms with van der Waals surface area (Å²) in [6, 6.07) is 1.59. The third kappa shape index (κ3) is 7.52. The van der Waals surface area contributed by atoms with Crippen molar-refractivity contribution in [2.45, 2.75) is 58.4 Å². The fraction of sp³-hybridized carbons (Fsp3) is 0.391. The molecule has 1 amide bonds. The molecule has 35 heavy (non-hydrogen) atoms. The first-order chi connectivity index (χ1) is 16.0. The summed E-state index contributed by atoms with van der Waals surface area (Å²) in [6.45, 7) is 6.54. The van der Waals surface area contributed by atoms with Crippen molar-refractivity contribution in [3.63, 3.8) is 0 Å². The second-order valence-corrected chi connectivity index (χ2v) is 8.78. The summed E-state index contributed by atoms with van der Waals surface area (Å²) in [6.07, 6.45) is -5.99. The molecular formula is C23H24F6N2O4. The number of halogens is 6. The minimum atomic E-state index is -5.13. The van der Waals surface area contributed by atoms with Gasteiger partial charge in [-0.05, 0) is 64.8 Å². The van der Waals surface area contributed by atoms with E-state index in [4.69, 9.17) is 4.74 Å². The highest BCUT2D eigenvalue weighted by Gasteiger charge is 2.35. The van der Waals surface area contributed by atoms with Crippen molar-refractivity contribution in [3.8, 4) is 0 Å². The number of anilines is 2. The van der Waals surface area contributed by atoms with Crippen molar-refractivity contribution in [2.24, 2.45) is 0 Å². The number of hydrogen-bond donors (Lipinski definition) is 3. The number of benzene rings is 2. The molecule has 0 radical (unpaired) electrons. The lowest BCUT2D eigenvalue weighted by Gasteiger charge is -2.22. The molecule has 2 rings (SSSR count). The molecule has 0 fully saturated rings. The second kappa shape index (κ2) is 10.4. The SMILES string of the molecule is CC(CCc1c(Nc2cc(C(F)(F)F)c(F)cc2C(=O)O)ccc(F)c1F)NC(=O)OC(C)(C)C. The van der Waals surface area contributed by atoms with Crippen molar-refractivity contribution in [1.82, 2.24) is 5.32 Å². The van der Waals surface area contributed by atoms with Crippen LogP contribution < -0.4 is 10.6 Å². The summed E-state index contributed by atoms with van der Waals surface area (Å²) in [7, 11) is 0. The third-order valence-corrected chi connectivity index (χ3v) is 4.70. The molecular weight excluding hydrogens is 482 g/mol. The van der Waals surface area contributed by atoms with Gasteiger partial charge in [0, 0.05) is 17.3 Å². The smallest absolute Gasteiger partial charge is 0.419 e. The van der Waals surface area contributed by atoms with Crippen LogP contribution in [-0.4, -0.2) is 28.8 Å². The zero-order valence-corrected chi connectivity index (χ0v) is 19.2. The van der Waals surface area contributed by atoms with Crippen LogP contribution in [0.4, 0.5) is 42.5 Å². The molecule has 12 heteroatoms. The Morgan fingerprint density at radius 3 is 2.20 bits per heavy atom. The van der Waals surface area contributed by atoms with Gasteiger partial charge in [-0.3, -0.25) is 0 Å². The fourth-order valence-electron chi connectivity index (χ4n) is 3.11. The van der Waals surface area contributed by atoms with Crippen LogP contribution in [0.25, 0.3) is 0 Å². The number of alkyl halides is 3. The molecule has 0 aliphatic heterocycles. The van der Waals surface area contributed by atoms with E-state index in [0.29, 0.717) is 6.07 Å². The minimum absolute atomic E-state index is 0.0668. The molecule has 2 aromatic carbocycles. The Morgan fingerprint density at radius 1 is 1.03 bits per heavy atom. The molecule has 1 atom stereocenters. The third-order valence-electron chi connectivity index (χ3n) is 4.70. The maximum atomic E-state index is 14.6. The Kier molecular flexibility index (Phi) is 8.30. The van der Waals surface area contributed by atoms with Crippen LogP contribution in [0, 0.1) is 17.5 Å². The largest absolute Gasteiger partial charge is 0.478 e. The van der Waals surface area contributed by atoms with Gasteiger partial charge in [-0.15, -0.1) is 0 Å². The van der Waals surface area contributed by atoms with E-state index in [1.165, 1.54) is 0 Å². The fourth-order valence-corrected chi connectivity index (χ4v) is 3.11. The first-order valence-electron chi connectivity index (χ1n) is 10.4. The summed E-state index contributed by atoms with van der Waals surface area (Å²) >= 11 is 0. The van der Waals surface area contributed by atoms with E-state index in [9.17, 15) is 41.0 Å². The number of hydrogen-bond acceptors (Lipinski definition) is 4. The van der Waals surface area contributed by atoms with Crippen molar-refractivity contribution >= 4 is 23.4 Å². The van der Waals surface area contributed by atoms with Gasteiger partial charge in [0.05, 0.1) is 16.8 Å². The van der Waals surface area contributed by atoms with E-state index in [1.807, 2.05) is 0 Å². The van der Waals surface area contributed by atoms with Gasteiger partial charge in [0.2, 0.25) is 0 Å². The highest BCUT2D eigenvalue weighted by atomic mass is 19.4. The predicted molar refractivity (Wildman–Crippen MR) is 115 cm³/mol. The zero-order valence-electron chi connectivity index (χ0n) is 19.2. The maximum absolute atomic E-state index is 14.6. The van der Waals surface area contributed by atoms with Crippen molar-refractivity contribution < 1.29 is 45.8 Å². The normalized spacial score (nSPS) is 12.7. The quantitative estimate of drug-likeness (QED) is 0.378. The van der Waals surface area contributed by atoms with E-state index in [0.717, 1.165) is 6.07 Å². The van der Waals surface area contributed by atoms with Gasteiger partial charge in [-0.1, -0.05) is 0 Å². The number of alkyl carbamates (subject to hydrolysis) is 1. The molecule has 0 aliphatic carbocycles. The van der Waals surface area contributed by atoms with Crippen LogP contribution in [0.3, 0.4) is 0 Å². The number of aromatic carboxylic acids is 1. The van der Waals surface area contributed by atoms with Gasteiger partial charge in [-0.25, -0.2) is 22.8 Å². The Morgan fingerprint density at radius 2 is 1.66 bits per heavy atom. The van der Waals surface area contributed by atoms with Crippen molar-refractivity contribution in [3.05, 3.63) is 58.4 Å². The number of ether oxygens (including phenoxy) is 1. The average molecular weight is 506 g/mol. The van der Waals surface area contributed by atoms with Crippen LogP contribution in [0.5, 0.6) is 0 Å². The van der Waals surface area contributed by atoms with Crippen LogP contribution in [-0.2, 0) is 17.3 Å². The zero-order chi connectivity index (χ0) is 26.7. The van der Waals surface area contributed by atoms with Crippen LogP contribution in [0.2, 0.25) is 0 Å². The number of rotatable bonds is 7. The molecule has 1 unspecified atom stereocenters. The number of nitrogens with one attached hydrogen (secondary N) is 2. The molecule has 2 aromatic rings. The second-order valence-electron chi connectivity index (χ2n) is 8.78. The Bertz CT molecular complexity index is 1110. The summed E-state index contributed by atoms with van der Waals surface area (Å²) in [5, 5.41) is 14.2. The van der Waals surface area contributed by atoms with E-state index in [-0.39, 0.29) is 36.2 Å². The first-order valence-corrected chi connectivity index (χ1v) is 10.4. The van der Waals surface area contributed by atoms with Gasteiger partial charge in [0.1, 0.15) is 11.4 Å². The highest BCUT2D eigenvalue weighted by molar-refractivity contribution is 5.95. The van der Waals surface area contributed by atoms with Gasteiger partial charge in [0.15, 0.2) is 11.6 Å². The van der Waals surface area contributed by atoms with E-state index >= 15 is 0 Å². The molecule has 0 saturated carbocycles.